The zero-order valence-electron chi connectivity index (χ0n) is 17.5. The van der Waals surface area contributed by atoms with E-state index in [1.54, 1.807) is 29.3 Å². The maximum atomic E-state index is 12.4. The molecule has 0 amide bonds. The van der Waals surface area contributed by atoms with Crippen LogP contribution in [0.3, 0.4) is 0 Å². The number of esters is 1. The highest BCUT2D eigenvalue weighted by Gasteiger charge is 2.14. The first-order valence-corrected chi connectivity index (χ1v) is 13.2. The first-order valence-electron chi connectivity index (χ1n) is 9.46. The summed E-state index contributed by atoms with van der Waals surface area (Å²) in [6.45, 7) is 8.02. The van der Waals surface area contributed by atoms with Crippen LogP contribution in [0.4, 0.5) is 0 Å². The lowest BCUT2D eigenvalue weighted by atomic mass is 10.2. The van der Waals surface area contributed by atoms with Crippen molar-refractivity contribution in [2.75, 3.05) is 13.7 Å². The van der Waals surface area contributed by atoms with E-state index >= 15 is 0 Å². The molecule has 0 saturated carbocycles. The predicted molar refractivity (Wildman–Crippen MR) is 111 cm³/mol. The molecule has 0 fully saturated rings. The molecule has 10 nitrogen and oxygen atoms in total. The predicted octanol–water partition coefficient (Wildman–Crippen LogP) is 2.24. The summed E-state index contributed by atoms with van der Waals surface area (Å²) < 4.78 is 18.5. The van der Waals surface area contributed by atoms with Crippen LogP contribution >= 0.6 is 0 Å². The van der Waals surface area contributed by atoms with Gasteiger partial charge in [0.05, 0.1) is 19.0 Å². The number of ether oxygens (including phenoxy) is 2. The van der Waals surface area contributed by atoms with E-state index in [2.05, 4.69) is 39.4 Å². The Labute approximate surface area is 174 Å². The summed E-state index contributed by atoms with van der Waals surface area (Å²) >= 11 is 0. The molecule has 0 aliphatic rings. The minimum atomic E-state index is -1.12. The number of rotatable bonds is 9. The molecule has 0 aliphatic heterocycles. The Morgan fingerprint density at radius 1 is 1.27 bits per heavy atom. The van der Waals surface area contributed by atoms with Gasteiger partial charge in [0.2, 0.25) is 5.89 Å². The molecular formula is C19H25N5O5Si. The first-order chi connectivity index (χ1) is 14.2. The smallest absolute Gasteiger partial charge is 0.360 e. The van der Waals surface area contributed by atoms with Crippen molar-refractivity contribution in [1.82, 2.24) is 24.3 Å². The molecule has 0 N–H and O–H groups in total. The molecule has 0 atom stereocenters. The Bertz CT molecular complexity index is 1070. The highest BCUT2D eigenvalue weighted by atomic mass is 28.3. The quantitative estimate of drug-likeness (QED) is 0.288. The number of carbonyl (C=O) groups excluding carboxylic acids is 1. The molecule has 160 valence electrons. The molecule has 3 heterocycles. The molecule has 11 heteroatoms. The normalized spacial score (nSPS) is 11.6. The van der Waals surface area contributed by atoms with Crippen molar-refractivity contribution in [3.8, 4) is 11.3 Å². The molecule has 0 bridgehead atoms. The van der Waals surface area contributed by atoms with Crippen LogP contribution in [0.25, 0.3) is 11.3 Å². The summed E-state index contributed by atoms with van der Waals surface area (Å²) in [4.78, 5) is 31.9. The van der Waals surface area contributed by atoms with Gasteiger partial charge in [0, 0.05) is 32.6 Å². The Hall–Kier alpha value is -3.05. The molecule has 3 rings (SSSR count). The SMILES string of the molecule is COC(=O)c1coc(Cn2ccc(-c3cnn(COCC[Si](C)(C)C)c3)nc2=O)n1. The zero-order valence-corrected chi connectivity index (χ0v) is 18.5. The maximum Gasteiger partial charge on any atom is 0.360 e. The van der Waals surface area contributed by atoms with Crippen LogP contribution in [0.1, 0.15) is 16.4 Å². The fraction of sp³-hybridized carbons (Fsp3) is 0.421. The molecular weight excluding hydrogens is 406 g/mol. The van der Waals surface area contributed by atoms with Crippen molar-refractivity contribution in [1.29, 1.82) is 0 Å². The largest absolute Gasteiger partial charge is 0.464 e. The number of nitrogens with zero attached hydrogens (tertiary/aromatic N) is 5. The van der Waals surface area contributed by atoms with Crippen LogP contribution in [0.2, 0.25) is 25.7 Å². The van der Waals surface area contributed by atoms with Gasteiger partial charge in [-0.2, -0.15) is 10.1 Å². The molecule has 3 aromatic rings. The average molecular weight is 432 g/mol. The number of carbonyl (C=O) groups is 1. The number of hydrogen-bond donors (Lipinski definition) is 0. The van der Waals surface area contributed by atoms with Crippen LogP contribution in [-0.2, 0) is 22.7 Å². The van der Waals surface area contributed by atoms with E-state index in [0.717, 1.165) is 11.6 Å². The van der Waals surface area contributed by atoms with E-state index in [1.165, 1.54) is 17.9 Å². The van der Waals surface area contributed by atoms with Crippen molar-refractivity contribution in [2.24, 2.45) is 0 Å². The van der Waals surface area contributed by atoms with Gasteiger partial charge in [-0.25, -0.2) is 19.3 Å². The molecule has 0 saturated heterocycles. The topological polar surface area (TPSA) is 114 Å². The lowest BCUT2D eigenvalue weighted by molar-refractivity contribution is 0.0594. The van der Waals surface area contributed by atoms with Crippen LogP contribution in [-0.4, -0.2) is 52.1 Å². The van der Waals surface area contributed by atoms with Crippen molar-refractivity contribution < 1.29 is 18.7 Å². The van der Waals surface area contributed by atoms with E-state index in [0.29, 0.717) is 19.0 Å². The average Bonchev–Trinajstić information content (AvgIpc) is 3.35. The third-order valence-electron chi connectivity index (χ3n) is 4.27. The molecule has 0 spiro atoms. The summed E-state index contributed by atoms with van der Waals surface area (Å²) in [6.07, 6.45) is 6.21. The van der Waals surface area contributed by atoms with Crippen molar-refractivity contribution in [3.63, 3.8) is 0 Å². The third kappa shape index (κ3) is 5.73. The summed E-state index contributed by atoms with van der Waals surface area (Å²) in [6, 6.07) is 2.80. The van der Waals surface area contributed by atoms with Crippen LogP contribution < -0.4 is 5.69 Å². The monoisotopic (exact) mass is 431 g/mol. The zero-order chi connectivity index (χ0) is 21.7. The van der Waals surface area contributed by atoms with E-state index < -0.39 is 19.7 Å². The lowest BCUT2D eigenvalue weighted by Gasteiger charge is -2.15. The Morgan fingerprint density at radius 3 is 2.77 bits per heavy atom. The lowest BCUT2D eigenvalue weighted by Crippen LogP contribution is -2.23. The maximum absolute atomic E-state index is 12.4. The van der Waals surface area contributed by atoms with Crippen molar-refractivity contribution >= 4 is 14.0 Å². The van der Waals surface area contributed by atoms with Crippen LogP contribution in [0.15, 0.2) is 40.1 Å². The van der Waals surface area contributed by atoms with Gasteiger partial charge in [0.25, 0.3) is 0 Å². The number of methoxy groups -OCH3 is 1. The Kier molecular flexibility index (Phi) is 6.62. The van der Waals surface area contributed by atoms with Gasteiger partial charge in [-0.3, -0.25) is 4.57 Å². The second-order valence-electron chi connectivity index (χ2n) is 7.96. The summed E-state index contributed by atoms with van der Waals surface area (Å²) in [7, 11) is 0.131. The second-order valence-corrected chi connectivity index (χ2v) is 13.6. The fourth-order valence-electron chi connectivity index (χ4n) is 2.54. The minimum Gasteiger partial charge on any atom is -0.464 e. The molecule has 0 radical (unpaired) electrons. The second kappa shape index (κ2) is 9.18. The minimum absolute atomic E-state index is 0.0459. The summed E-state index contributed by atoms with van der Waals surface area (Å²) in [5.74, 6) is -0.400. The fourth-order valence-corrected chi connectivity index (χ4v) is 3.30. The Balaban J connectivity index is 1.63. The molecule has 0 aliphatic carbocycles. The van der Waals surface area contributed by atoms with Crippen molar-refractivity contribution in [2.45, 2.75) is 39.0 Å². The molecule has 0 unspecified atom stereocenters. The molecule has 3 aromatic heterocycles. The Morgan fingerprint density at radius 2 is 2.07 bits per heavy atom. The molecule has 0 aromatic carbocycles. The van der Waals surface area contributed by atoms with Gasteiger partial charge in [0.15, 0.2) is 5.69 Å². The van der Waals surface area contributed by atoms with Gasteiger partial charge in [-0.05, 0) is 12.1 Å². The van der Waals surface area contributed by atoms with Crippen LogP contribution in [0.5, 0.6) is 0 Å². The number of oxazole rings is 1. The number of aromatic nitrogens is 5. The van der Waals surface area contributed by atoms with Crippen LogP contribution in [0, 0.1) is 0 Å². The molecule has 30 heavy (non-hydrogen) atoms. The first kappa shape index (κ1) is 21.7. The van der Waals surface area contributed by atoms with Gasteiger partial charge in [-0.15, -0.1) is 0 Å². The summed E-state index contributed by atoms with van der Waals surface area (Å²) in [5.41, 5.74) is 0.804. The third-order valence-corrected chi connectivity index (χ3v) is 5.98. The summed E-state index contributed by atoms with van der Waals surface area (Å²) in [5, 5.41) is 4.26. The standard InChI is InChI=1S/C19H25N5O5Si/c1-27-18(25)16-12-29-17(21-16)11-23-6-5-15(22-19(23)26)14-9-20-24(10-14)13-28-7-8-30(2,3)4/h5-6,9-10,12H,7-8,11,13H2,1-4H3. The number of hydrogen-bond acceptors (Lipinski definition) is 8. The van der Waals surface area contributed by atoms with Crippen molar-refractivity contribution in [3.05, 3.63) is 53.0 Å². The van der Waals surface area contributed by atoms with Gasteiger partial charge < -0.3 is 13.9 Å². The van der Waals surface area contributed by atoms with E-state index in [-0.39, 0.29) is 18.1 Å². The van der Waals surface area contributed by atoms with E-state index in [1.807, 2.05) is 0 Å². The van der Waals surface area contributed by atoms with E-state index in [9.17, 15) is 9.59 Å². The van der Waals surface area contributed by atoms with Gasteiger partial charge in [0.1, 0.15) is 19.5 Å². The highest BCUT2D eigenvalue weighted by molar-refractivity contribution is 6.76. The van der Waals surface area contributed by atoms with Gasteiger partial charge >= 0.3 is 11.7 Å². The highest BCUT2D eigenvalue weighted by Crippen LogP contribution is 2.14. The van der Waals surface area contributed by atoms with E-state index in [4.69, 9.17) is 9.15 Å². The van der Waals surface area contributed by atoms with Gasteiger partial charge in [-0.1, -0.05) is 19.6 Å².